The number of hydrogen-bond acceptors (Lipinski definition) is 5. The van der Waals surface area contributed by atoms with Crippen LogP contribution in [0, 0.1) is 0 Å². The van der Waals surface area contributed by atoms with E-state index >= 15 is 0 Å². The molecule has 1 aliphatic carbocycles. The number of aromatic carboxylic acids is 1. The average molecular weight is 534 g/mol. The second-order valence-electron chi connectivity index (χ2n) is 12.1. The van der Waals surface area contributed by atoms with Gasteiger partial charge in [0.25, 0.3) is 0 Å². The third-order valence-corrected chi connectivity index (χ3v) is 8.29. The normalized spacial score (nSPS) is 19.4. The molecule has 2 aromatic carbocycles. The maximum atomic E-state index is 11.3. The summed E-state index contributed by atoms with van der Waals surface area (Å²) >= 11 is 0. The molecule has 1 unspecified atom stereocenters. The van der Waals surface area contributed by atoms with Crippen molar-refractivity contribution in [3.63, 3.8) is 0 Å². The van der Waals surface area contributed by atoms with Crippen molar-refractivity contribution >= 4 is 23.6 Å². The van der Waals surface area contributed by atoms with E-state index in [4.69, 9.17) is 10.2 Å². The van der Waals surface area contributed by atoms with Crippen LogP contribution in [0.4, 0.5) is 0 Å². The van der Waals surface area contributed by atoms with E-state index in [1.807, 2.05) is 0 Å². The fourth-order valence-electron chi connectivity index (χ4n) is 5.80. The molecule has 0 saturated heterocycles. The first kappa shape index (κ1) is 28.6. The maximum Gasteiger partial charge on any atom is 0.339 e. The molecule has 1 aliphatic heterocycles. The van der Waals surface area contributed by atoms with Gasteiger partial charge in [-0.3, -0.25) is 9.69 Å². The zero-order valence-electron chi connectivity index (χ0n) is 23.2. The minimum Gasteiger partial charge on any atom is -0.507 e. The molecule has 2 aromatic rings. The molecule has 0 fully saturated rings. The SMILES string of the molecule is CC1(C)CCC(C)(C)c2c(C3=CCN(CCC(=O)O)CC3)cc(C(O)/C=C/c3ccc(C(=O)O)c(O)c3)cc21. The maximum absolute atomic E-state index is 11.3. The van der Waals surface area contributed by atoms with E-state index < -0.39 is 18.0 Å². The van der Waals surface area contributed by atoms with Crippen LogP contribution in [0.15, 0.2) is 42.5 Å². The summed E-state index contributed by atoms with van der Waals surface area (Å²) in [5.41, 5.74) is 6.10. The molecule has 1 atom stereocenters. The number of carbonyl (C=O) groups is 2. The predicted octanol–water partition coefficient (Wildman–Crippen LogP) is 5.75. The smallest absolute Gasteiger partial charge is 0.339 e. The molecule has 7 heteroatoms. The first-order chi connectivity index (χ1) is 18.3. The molecule has 0 spiro atoms. The molecule has 0 saturated carbocycles. The summed E-state index contributed by atoms with van der Waals surface area (Å²) in [6.45, 7) is 11.1. The van der Waals surface area contributed by atoms with E-state index in [2.05, 4.69) is 50.8 Å². The fourth-order valence-corrected chi connectivity index (χ4v) is 5.80. The molecule has 208 valence electrons. The molecule has 39 heavy (non-hydrogen) atoms. The number of aliphatic hydroxyl groups is 1. The number of rotatable bonds is 8. The fraction of sp³-hybridized carbons (Fsp3) is 0.438. The van der Waals surface area contributed by atoms with Gasteiger partial charge in [-0.1, -0.05) is 58.1 Å². The van der Waals surface area contributed by atoms with Crippen molar-refractivity contribution in [1.29, 1.82) is 0 Å². The van der Waals surface area contributed by atoms with Gasteiger partial charge in [0.05, 0.1) is 12.5 Å². The van der Waals surface area contributed by atoms with Crippen molar-refractivity contribution in [3.05, 3.63) is 75.9 Å². The van der Waals surface area contributed by atoms with Crippen LogP contribution in [0.3, 0.4) is 0 Å². The van der Waals surface area contributed by atoms with Crippen molar-refractivity contribution in [3.8, 4) is 5.75 Å². The number of phenols is 1. The lowest BCUT2D eigenvalue weighted by Crippen LogP contribution is -2.36. The van der Waals surface area contributed by atoms with Gasteiger partial charge in [0.15, 0.2) is 0 Å². The van der Waals surface area contributed by atoms with Crippen LogP contribution in [0.5, 0.6) is 5.75 Å². The quantitative estimate of drug-likeness (QED) is 0.341. The lowest BCUT2D eigenvalue weighted by Gasteiger charge is -2.44. The second kappa shape index (κ2) is 11.0. The number of hydrogen-bond donors (Lipinski definition) is 4. The first-order valence-corrected chi connectivity index (χ1v) is 13.5. The van der Waals surface area contributed by atoms with Gasteiger partial charge in [-0.2, -0.15) is 0 Å². The molecule has 0 radical (unpaired) electrons. The summed E-state index contributed by atoms with van der Waals surface area (Å²) < 4.78 is 0. The van der Waals surface area contributed by atoms with E-state index in [1.165, 1.54) is 28.8 Å². The highest BCUT2D eigenvalue weighted by Crippen LogP contribution is 2.50. The molecule has 0 aromatic heterocycles. The number of benzene rings is 2. The Morgan fingerprint density at radius 1 is 1.05 bits per heavy atom. The van der Waals surface area contributed by atoms with Gasteiger partial charge in [0.1, 0.15) is 11.3 Å². The summed E-state index contributed by atoms with van der Waals surface area (Å²) in [5, 5.41) is 39.5. The van der Waals surface area contributed by atoms with Crippen LogP contribution in [0.2, 0.25) is 0 Å². The zero-order valence-corrected chi connectivity index (χ0v) is 23.2. The molecular formula is C32H39NO6. The summed E-state index contributed by atoms with van der Waals surface area (Å²) in [4.78, 5) is 24.4. The lowest BCUT2D eigenvalue weighted by atomic mass is 9.61. The third kappa shape index (κ3) is 6.26. The van der Waals surface area contributed by atoms with Crippen LogP contribution in [0.25, 0.3) is 11.6 Å². The van der Waals surface area contributed by atoms with Crippen molar-refractivity contribution in [1.82, 2.24) is 4.90 Å². The van der Waals surface area contributed by atoms with Gasteiger partial charge in [0, 0.05) is 19.6 Å². The second-order valence-corrected chi connectivity index (χ2v) is 12.1. The largest absolute Gasteiger partial charge is 0.507 e. The van der Waals surface area contributed by atoms with Crippen molar-refractivity contribution in [2.24, 2.45) is 0 Å². The zero-order chi connectivity index (χ0) is 28.5. The van der Waals surface area contributed by atoms with Gasteiger partial charge in [0.2, 0.25) is 0 Å². The van der Waals surface area contributed by atoms with Crippen molar-refractivity contribution < 1.29 is 30.0 Å². The molecule has 0 bridgehead atoms. The standard InChI is InChI=1S/C32H39NO6/c1-31(2)12-13-32(3,4)29-24(21-9-14-33(15-10-21)16-11-28(36)37)18-22(19-25(29)31)26(34)8-6-20-5-7-23(30(38)39)27(35)17-20/h5-9,17-19,26,34-35H,10-16H2,1-4H3,(H,36,37)(H,38,39)/b8-6+. The van der Waals surface area contributed by atoms with E-state index in [-0.39, 0.29) is 28.6 Å². The molecule has 2 aliphatic rings. The Hall–Kier alpha value is -3.42. The molecule has 4 rings (SSSR count). The topological polar surface area (TPSA) is 118 Å². The Labute approximate surface area is 230 Å². The Balaban J connectivity index is 1.71. The number of nitrogens with zero attached hydrogens (tertiary/aromatic N) is 1. The number of aromatic hydroxyl groups is 1. The molecule has 7 nitrogen and oxygen atoms in total. The van der Waals surface area contributed by atoms with Crippen LogP contribution in [-0.2, 0) is 15.6 Å². The van der Waals surface area contributed by atoms with E-state index in [0.29, 0.717) is 18.7 Å². The highest BCUT2D eigenvalue weighted by Gasteiger charge is 2.39. The average Bonchev–Trinajstić information content (AvgIpc) is 2.88. The number of carboxylic acid groups (broad SMARTS) is 2. The van der Waals surface area contributed by atoms with Crippen LogP contribution < -0.4 is 0 Å². The number of aliphatic carboxylic acids is 1. The summed E-state index contributed by atoms with van der Waals surface area (Å²) in [6, 6.07) is 8.54. The van der Waals surface area contributed by atoms with Gasteiger partial charge in [-0.25, -0.2) is 4.79 Å². The van der Waals surface area contributed by atoms with E-state index in [1.54, 1.807) is 18.2 Å². The lowest BCUT2D eigenvalue weighted by molar-refractivity contribution is -0.137. The van der Waals surface area contributed by atoms with E-state index in [9.17, 15) is 19.8 Å². The molecule has 1 heterocycles. The van der Waals surface area contributed by atoms with Gasteiger partial charge >= 0.3 is 11.9 Å². The van der Waals surface area contributed by atoms with Gasteiger partial charge in [-0.05, 0) is 81.7 Å². The number of aliphatic hydroxyl groups excluding tert-OH is 1. The molecular weight excluding hydrogens is 494 g/mol. The minimum atomic E-state index is -1.20. The van der Waals surface area contributed by atoms with Gasteiger partial charge in [-0.15, -0.1) is 0 Å². The summed E-state index contributed by atoms with van der Waals surface area (Å²) in [5.74, 6) is -2.30. The van der Waals surface area contributed by atoms with Crippen LogP contribution in [0.1, 0.15) is 97.7 Å². The first-order valence-electron chi connectivity index (χ1n) is 13.5. The summed E-state index contributed by atoms with van der Waals surface area (Å²) in [6.07, 6.45) is 7.70. The Morgan fingerprint density at radius 2 is 1.77 bits per heavy atom. The summed E-state index contributed by atoms with van der Waals surface area (Å²) in [7, 11) is 0. The van der Waals surface area contributed by atoms with Gasteiger partial charge < -0.3 is 20.4 Å². The van der Waals surface area contributed by atoms with Crippen molar-refractivity contribution in [2.45, 2.75) is 70.3 Å². The Bertz CT molecular complexity index is 1340. The Kier molecular flexibility index (Phi) is 8.05. The van der Waals surface area contributed by atoms with E-state index in [0.717, 1.165) is 36.9 Å². The highest BCUT2D eigenvalue weighted by molar-refractivity contribution is 5.91. The van der Waals surface area contributed by atoms with Crippen LogP contribution >= 0.6 is 0 Å². The number of fused-ring (bicyclic) bond motifs is 1. The predicted molar refractivity (Wildman–Crippen MR) is 152 cm³/mol. The number of carboxylic acids is 2. The monoisotopic (exact) mass is 533 g/mol. The third-order valence-electron chi connectivity index (χ3n) is 8.29. The highest BCUT2D eigenvalue weighted by atomic mass is 16.4. The van der Waals surface area contributed by atoms with Crippen LogP contribution in [-0.4, -0.2) is 56.9 Å². The minimum absolute atomic E-state index is 0.0236. The Morgan fingerprint density at radius 3 is 2.38 bits per heavy atom. The molecule has 4 N–H and O–H groups in total. The van der Waals surface area contributed by atoms with Crippen molar-refractivity contribution in [2.75, 3.05) is 19.6 Å². The molecule has 0 amide bonds.